The van der Waals surface area contributed by atoms with Crippen LogP contribution < -0.4 is 4.74 Å². The number of carbonyl (C=O) groups is 1. The van der Waals surface area contributed by atoms with Gasteiger partial charge in [0, 0.05) is 5.56 Å². The van der Waals surface area contributed by atoms with E-state index in [0.717, 1.165) is 11.6 Å². The molecule has 0 N–H and O–H groups in total. The molecule has 0 aromatic heterocycles. The van der Waals surface area contributed by atoms with E-state index in [9.17, 15) is 13.2 Å². The smallest absolute Gasteiger partial charge is 0.339 e. The number of benzene rings is 2. The van der Waals surface area contributed by atoms with Crippen molar-refractivity contribution in [3.05, 3.63) is 65.7 Å². The predicted molar refractivity (Wildman–Crippen MR) is 97.1 cm³/mol. The van der Waals surface area contributed by atoms with Crippen molar-refractivity contribution in [1.29, 1.82) is 0 Å². The lowest BCUT2D eigenvalue weighted by atomic mass is 10.2. The summed E-state index contributed by atoms with van der Waals surface area (Å²) < 4.78 is 40.3. The number of hydrogen-bond donors (Lipinski definition) is 0. The molecule has 0 bridgehead atoms. The Bertz CT molecular complexity index is 881. The molecule has 138 valence electrons. The number of ether oxygens (including phenoxy) is 2. The van der Waals surface area contributed by atoms with E-state index in [1.807, 2.05) is 6.92 Å². The molecule has 0 atom stereocenters. The van der Waals surface area contributed by atoms with Gasteiger partial charge in [0.15, 0.2) is 5.76 Å². The molecule has 0 fully saturated rings. The van der Waals surface area contributed by atoms with Crippen LogP contribution in [0.5, 0.6) is 5.75 Å². The molecule has 2 aromatic rings. The number of hydrogen-bond acceptors (Lipinski definition) is 6. The molecule has 2 aromatic carbocycles. The SMILES string of the molecule is CCOC(=O)/C=C(\OS(=O)(=O)c1ccc(C)cc1)c1ccc(OC)cc1. The second kappa shape index (κ2) is 8.53. The first kappa shape index (κ1) is 19.5. The van der Waals surface area contributed by atoms with E-state index in [2.05, 4.69) is 0 Å². The third-order valence-electron chi connectivity index (χ3n) is 3.42. The van der Waals surface area contributed by atoms with Crippen molar-refractivity contribution >= 4 is 21.8 Å². The molecule has 0 saturated heterocycles. The van der Waals surface area contributed by atoms with Crippen LogP contribution >= 0.6 is 0 Å². The molecule has 0 aliphatic rings. The van der Waals surface area contributed by atoms with Gasteiger partial charge >= 0.3 is 16.1 Å². The van der Waals surface area contributed by atoms with Gasteiger partial charge in [-0.25, -0.2) is 4.79 Å². The van der Waals surface area contributed by atoms with Crippen LogP contribution in [0.1, 0.15) is 18.1 Å². The van der Waals surface area contributed by atoms with Crippen molar-refractivity contribution in [3.8, 4) is 5.75 Å². The van der Waals surface area contributed by atoms with Crippen LogP contribution in [0, 0.1) is 6.92 Å². The first-order valence-electron chi connectivity index (χ1n) is 7.89. The Labute approximate surface area is 153 Å². The summed E-state index contributed by atoms with van der Waals surface area (Å²) in [5.74, 6) is -0.241. The summed E-state index contributed by atoms with van der Waals surface area (Å²) in [6.45, 7) is 3.67. The van der Waals surface area contributed by atoms with Crippen LogP contribution in [0.2, 0.25) is 0 Å². The Morgan fingerprint density at radius 1 is 1.04 bits per heavy atom. The molecule has 26 heavy (non-hydrogen) atoms. The molecule has 0 unspecified atom stereocenters. The molecule has 6 nitrogen and oxygen atoms in total. The normalized spacial score (nSPS) is 11.7. The third-order valence-corrected chi connectivity index (χ3v) is 4.67. The van der Waals surface area contributed by atoms with Crippen LogP contribution in [0.3, 0.4) is 0 Å². The summed E-state index contributed by atoms with van der Waals surface area (Å²) in [6, 6.07) is 12.7. The lowest BCUT2D eigenvalue weighted by molar-refractivity contribution is -0.137. The van der Waals surface area contributed by atoms with Gasteiger partial charge in [0.25, 0.3) is 0 Å². The zero-order valence-corrected chi connectivity index (χ0v) is 15.6. The van der Waals surface area contributed by atoms with Gasteiger partial charge in [-0.15, -0.1) is 0 Å². The molecule has 0 aliphatic heterocycles. The summed E-state index contributed by atoms with van der Waals surface area (Å²) in [4.78, 5) is 11.8. The average molecular weight is 376 g/mol. The molecule has 0 radical (unpaired) electrons. The molecule has 0 aliphatic carbocycles. The van der Waals surface area contributed by atoms with E-state index < -0.39 is 16.1 Å². The Hall–Kier alpha value is -2.80. The first-order chi connectivity index (χ1) is 12.4. The second-order valence-corrected chi connectivity index (χ2v) is 6.89. The molecule has 7 heteroatoms. The number of methoxy groups -OCH3 is 1. The van der Waals surface area contributed by atoms with Gasteiger partial charge in [-0.3, -0.25) is 0 Å². The average Bonchev–Trinajstić information content (AvgIpc) is 2.61. The maximum absolute atomic E-state index is 12.5. The Balaban J connectivity index is 2.39. The minimum Gasteiger partial charge on any atom is -0.497 e. The Morgan fingerprint density at radius 2 is 1.65 bits per heavy atom. The quantitative estimate of drug-likeness (QED) is 0.319. The maximum atomic E-state index is 12.5. The van der Waals surface area contributed by atoms with Gasteiger partial charge < -0.3 is 13.7 Å². The highest BCUT2D eigenvalue weighted by Gasteiger charge is 2.20. The lowest BCUT2D eigenvalue weighted by Crippen LogP contribution is -2.09. The van der Waals surface area contributed by atoms with Crippen molar-refractivity contribution in [1.82, 2.24) is 0 Å². The van der Waals surface area contributed by atoms with Crippen LogP contribution in [-0.2, 0) is 23.8 Å². The largest absolute Gasteiger partial charge is 0.497 e. The summed E-state index contributed by atoms with van der Waals surface area (Å²) in [5, 5.41) is 0. The minimum atomic E-state index is -4.11. The van der Waals surface area contributed by atoms with E-state index >= 15 is 0 Å². The van der Waals surface area contributed by atoms with Gasteiger partial charge in [0.05, 0.1) is 19.8 Å². The highest BCUT2D eigenvalue weighted by Crippen LogP contribution is 2.25. The number of esters is 1. The van der Waals surface area contributed by atoms with Crippen LogP contribution in [-0.4, -0.2) is 28.1 Å². The highest BCUT2D eigenvalue weighted by atomic mass is 32.2. The van der Waals surface area contributed by atoms with Gasteiger partial charge in [0.1, 0.15) is 10.6 Å². The molecular formula is C19H20O6S. The topological polar surface area (TPSA) is 78.9 Å². The van der Waals surface area contributed by atoms with Crippen molar-refractivity contribution in [3.63, 3.8) is 0 Å². The first-order valence-corrected chi connectivity index (χ1v) is 9.30. The standard InChI is InChI=1S/C19H20O6S/c1-4-24-19(20)13-18(15-7-9-16(23-3)10-8-15)25-26(21,22)17-11-5-14(2)6-12-17/h5-13H,4H2,1-3H3/b18-13-. The molecule has 0 amide bonds. The van der Waals surface area contributed by atoms with Crippen molar-refractivity contribution in [2.24, 2.45) is 0 Å². The third kappa shape index (κ3) is 5.10. The molecule has 0 spiro atoms. The van der Waals surface area contributed by atoms with Crippen molar-refractivity contribution < 1.29 is 26.9 Å². The van der Waals surface area contributed by atoms with Gasteiger partial charge in [-0.2, -0.15) is 8.42 Å². The summed E-state index contributed by atoms with van der Waals surface area (Å²) in [5.41, 5.74) is 1.32. The molecule has 2 rings (SSSR count). The van der Waals surface area contributed by atoms with Gasteiger partial charge in [-0.1, -0.05) is 17.7 Å². The second-order valence-electron chi connectivity index (χ2n) is 5.34. The lowest BCUT2D eigenvalue weighted by Gasteiger charge is -2.12. The fourth-order valence-corrected chi connectivity index (χ4v) is 3.02. The van der Waals surface area contributed by atoms with Crippen molar-refractivity contribution in [2.75, 3.05) is 13.7 Å². The van der Waals surface area contributed by atoms with E-state index in [1.165, 1.54) is 19.2 Å². The van der Waals surface area contributed by atoms with Crippen LogP contribution in [0.25, 0.3) is 5.76 Å². The van der Waals surface area contributed by atoms with E-state index in [4.69, 9.17) is 13.7 Å². The fraction of sp³-hybridized carbons (Fsp3) is 0.211. The van der Waals surface area contributed by atoms with Crippen LogP contribution in [0.15, 0.2) is 59.5 Å². The number of rotatable bonds is 7. The predicted octanol–water partition coefficient (Wildman–Crippen LogP) is 3.31. The zero-order chi connectivity index (χ0) is 19.2. The van der Waals surface area contributed by atoms with E-state index in [1.54, 1.807) is 43.3 Å². The molecule has 0 heterocycles. The number of carbonyl (C=O) groups excluding carboxylic acids is 1. The van der Waals surface area contributed by atoms with Crippen LogP contribution in [0.4, 0.5) is 0 Å². The maximum Gasteiger partial charge on any atom is 0.339 e. The minimum absolute atomic E-state index is 0.00799. The summed E-state index contributed by atoms with van der Waals surface area (Å²) in [6.07, 6.45) is 1.01. The summed E-state index contributed by atoms with van der Waals surface area (Å²) >= 11 is 0. The Kier molecular flexibility index (Phi) is 6.41. The highest BCUT2D eigenvalue weighted by molar-refractivity contribution is 7.87. The summed E-state index contributed by atoms with van der Waals surface area (Å²) in [7, 11) is -2.59. The fourth-order valence-electron chi connectivity index (χ4n) is 2.07. The monoisotopic (exact) mass is 376 g/mol. The molecule has 0 saturated carbocycles. The zero-order valence-electron chi connectivity index (χ0n) is 14.8. The van der Waals surface area contributed by atoms with Gasteiger partial charge in [-0.05, 0) is 50.2 Å². The number of aryl methyl sites for hydroxylation is 1. The van der Waals surface area contributed by atoms with Gasteiger partial charge in [0.2, 0.25) is 0 Å². The van der Waals surface area contributed by atoms with E-state index in [0.29, 0.717) is 11.3 Å². The van der Waals surface area contributed by atoms with E-state index in [-0.39, 0.29) is 17.3 Å². The Morgan fingerprint density at radius 3 is 2.19 bits per heavy atom. The molecular weight excluding hydrogens is 356 g/mol. The van der Waals surface area contributed by atoms with Crippen molar-refractivity contribution in [2.45, 2.75) is 18.7 Å².